The molecule has 0 aromatic rings. The van der Waals surface area contributed by atoms with Crippen LogP contribution in [0.1, 0.15) is 34.1 Å². The molecule has 0 heterocycles. The topological polar surface area (TPSA) is 29.5 Å². The Morgan fingerprint density at radius 3 is 2.20 bits per heavy atom. The van der Waals surface area contributed by atoms with E-state index in [1.807, 2.05) is 6.92 Å². The quantitative estimate of drug-likeness (QED) is 0.615. The van der Waals surface area contributed by atoms with Crippen LogP contribution in [0.2, 0.25) is 0 Å². The van der Waals surface area contributed by atoms with Crippen LogP contribution in [0.15, 0.2) is 0 Å². The standard InChI is InChI=1S/C8H18O2/c1-5-7(9)10-6-8(2,3)4/h7,9H,5-6H2,1-4H3. The highest BCUT2D eigenvalue weighted by Gasteiger charge is 2.12. The van der Waals surface area contributed by atoms with E-state index in [9.17, 15) is 0 Å². The van der Waals surface area contributed by atoms with Crippen molar-refractivity contribution in [3.8, 4) is 0 Å². The van der Waals surface area contributed by atoms with Crippen molar-refractivity contribution in [2.45, 2.75) is 40.4 Å². The Hall–Kier alpha value is -0.0800. The highest BCUT2D eigenvalue weighted by atomic mass is 16.6. The first-order valence-corrected chi connectivity index (χ1v) is 3.75. The first kappa shape index (κ1) is 9.92. The maximum absolute atomic E-state index is 9.00. The minimum Gasteiger partial charge on any atom is -0.368 e. The van der Waals surface area contributed by atoms with Gasteiger partial charge < -0.3 is 9.84 Å². The summed E-state index contributed by atoms with van der Waals surface area (Å²) in [5.74, 6) is 0. The molecule has 0 fully saturated rings. The molecular weight excluding hydrogens is 128 g/mol. The molecule has 1 unspecified atom stereocenters. The molecule has 0 saturated carbocycles. The molecule has 0 saturated heterocycles. The third-order valence-electron chi connectivity index (χ3n) is 1.06. The molecule has 0 bridgehead atoms. The van der Waals surface area contributed by atoms with Gasteiger partial charge in [0.15, 0.2) is 6.29 Å². The van der Waals surface area contributed by atoms with Crippen molar-refractivity contribution in [1.29, 1.82) is 0 Å². The Morgan fingerprint density at radius 2 is 1.90 bits per heavy atom. The number of aliphatic hydroxyl groups is 1. The summed E-state index contributed by atoms with van der Waals surface area (Å²) in [6, 6.07) is 0. The van der Waals surface area contributed by atoms with E-state index in [-0.39, 0.29) is 5.41 Å². The van der Waals surface area contributed by atoms with E-state index < -0.39 is 6.29 Å². The van der Waals surface area contributed by atoms with E-state index in [1.54, 1.807) is 0 Å². The fourth-order valence-electron chi connectivity index (χ4n) is 0.464. The molecule has 0 aliphatic heterocycles. The number of aliphatic hydroxyl groups excluding tert-OH is 1. The molecule has 0 aliphatic carbocycles. The van der Waals surface area contributed by atoms with Crippen LogP contribution in [-0.2, 0) is 4.74 Å². The largest absolute Gasteiger partial charge is 0.368 e. The summed E-state index contributed by atoms with van der Waals surface area (Å²) in [5.41, 5.74) is 0.149. The van der Waals surface area contributed by atoms with Crippen molar-refractivity contribution in [2.75, 3.05) is 6.61 Å². The van der Waals surface area contributed by atoms with Gasteiger partial charge in [-0.3, -0.25) is 0 Å². The average molecular weight is 146 g/mol. The maximum Gasteiger partial charge on any atom is 0.154 e. The van der Waals surface area contributed by atoms with Gasteiger partial charge in [-0.05, 0) is 11.8 Å². The minimum atomic E-state index is -0.584. The number of hydrogen-bond acceptors (Lipinski definition) is 2. The van der Waals surface area contributed by atoms with Crippen LogP contribution in [0.25, 0.3) is 0 Å². The van der Waals surface area contributed by atoms with Crippen LogP contribution >= 0.6 is 0 Å². The second-order valence-electron chi connectivity index (χ2n) is 3.73. The first-order chi connectivity index (χ1) is 4.45. The van der Waals surface area contributed by atoms with Crippen LogP contribution in [0.3, 0.4) is 0 Å². The van der Waals surface area contributed by atoms with Crippen molar-refractivity contribution < 1.29 is 9.84 Å². The summed E-state index contributed by atoms with van der Waals surface area (Å²) < 4.78 is 5.11. The molecule has 0 radical (unpaired) electrons. The lowest BCUT2D eigenvalue weighted by molar-refractivity contribution is -0.119. The SMILES string of the molecule is CCC(O)OCC(C)(C)C. The third-order valence-corrected chi connectivity index (χ3v) is 1.06. The maximum atomic E-state index is 9.00. The van der Waals surface area contributed by atoms with Crippen molar-refractivity contribution in [3.63, 3.8) is 0 Å². The molecule has 62 valence electrons. The van der Waals surface area contributed by atoms with E-state index >= 15 is 0 Å². The lowest BCUT2D eigenvalue weighted by Crippen LogP contribution is -2.20. The first-order valence-electron chi connectivity index (χ1n) is 3.75. The van der Waals surface area contributed by atoms with E-state index in [1.165, 1.54) is 0 Å². The Bertz CT molecular complexity index is 83.7. The van der Waals surface area contributed by atoms with Crippen molar-refractivity contribution in [1.82, 2.24) is 0 Å². The van der Waals surface area contributed by atoms with E-state index in [4.69, 9.17) is 9.84 Å². The molecule has 0 spiro atoms. The average Bonchev–Trinajstić information content (AvgIpc) is 1.81. The lowest BCUT2D eigenvalue weighted by Gasteiger charge is -2.20. The number of ether oxygens (including phenoxy) is 1. The molecule has 1 N–H and O–H groups in total. The van der Waals surface area contributed by atoms with Gasteiger partial charge in [-0.1, -0.05) is 27.7 Å². The second-order valence-corrected chi connectivity index (χ2v) is 3.73. The zero-order valence-corrected chi connectivity index (χ0v) is 7.35. The van der Waals surface area contributed by atoms with E-state index in [0.717, 1.165) is 0 Å². The highest BCUT2D eigenvalue weighted by molar-refractivity contribution is 4.58. The zero-order chi connectivity index (χ0) is 8.20. The Morgan fingerprint density at radius 1 is 1.40 bits per heavy atom. The van der Waals surface area contributed by atoms with Gasteiger partial charge in [-0.25, -0.2) is 0 Å². The van der Waals surface area contributed by atoms with Gasteiger partial charge >= 0.3 is 0 Å². The highest BCUT2D eigenvalue weighted by Crippen LogP contribution is 2.13. The molecule has 2 nitrogen and oxygen atoms in total. The summed E-state index contributed by atoms with van der Waals surface area (Å²) in [5, 5.41) is 9.00. The van der Waals surface area contributed by atoms with Crippen LogP contribution in [-0.4, -0.2) is 18.0 Å². The number of hydrogen-bond donors (Lipinski definition) is 1. The van der Waals surface area contributed by atoms with Gasteiger partial charge in [0.05, 0.1) is 6.61 Å². The molecule has 0 amide bonds. The Labute approximate surface area is 63.2 Å². The van der Waals surface area contributed by atoms with Gasteiger partial charge in [-0.2, -0.15) is 0 Å². The van der Waals surface area contributed by atoms with Crippen LogP contribution in [0.4, 0.5) is 0 Å². The number of rotatable bonds is 3. The predicted octanol–water partition coefficient (Wildman–Crippen LogP) is 1.78. The normalized spacial score (nSPS) is 15.3. The zero-order valence-electron chi connectivity index (χ0n) is 7.35. The monoisotopic (exact) mass is 146 g/mol. The summed E-state index contributed by atoms with van der Waals surface area (Å²) in [6.45, 7) is 8.75. The molecule has 0 aromatic carbocycles. The fourth-order valence-corrected chi connectivity index (χ4v) is 0.464. The Balaban J connectivity index is 3.36. The second kappa shape index (κ2) is 3.94. The van der Waals surface area contributed by atoms with Crippen molar-refractivity contribution in [2.24, 2.45) is 5.41 Å². The summed E-state index contributed by atoms with van der Waals surface area (Å²) in [7, 11) is 0. The molecule has 1 atom stereocenters. The molecule has 0 rings (SSSR count). The van der Waals surface area contributed by atoms with E-state index in [0.29, 0.717) is 13.0 Å². The van der Waals surface area contributed by atoms with Gasteiger partial charge in [0.25, 0.3) is 0 Å². The summed E-state index contributed by atoms with van der Waals surface area (Å²) >= 11 is 0. The fraction of sp³-hybridized carbons (Fsp3) is 1.00. The molecule has 0 aromatic heterocycles. The van der Waals surface area contributed by atoms with Gasteiger partial charge in [0, 0.05) is 0 Å². The van der Waals surface area contributed by atoms with E-state index in [2.05, 4.69) is 20.8 Å². The Kier molecular flexibility index (Phi) is 3.91. The molecule has 2 heteroatoms. The van der Waals surface area contributed by atoms with Crippen molar-refractivity contribution >= 4 is 0 Å². The predicted molar refractivity (Wildman–Crippen MR) is 41.7 cm³/mol. The van der Waals surface area contributed by atoms with Crippen LogP contribution in [0, 0.1) is 5.41 Å². The van der Waals surface area contributed by atoms with Gasteiger partial charge in [-0.15, -0.1) is 0 Å². The summed E-state index contributed by atoms with van der Waals surface area (Å²) in [4.78, 5) is 0. The third kappa shape index (κ3) is 6.05. The van der Waals surface area contributed by atoms with Gasteiger partial charge in [0.2, 0.25) is 0 Å². The van der Waals surface area contributed by atoms with Crippen LogP contribution in [0.5, 0.6) is 0 Å². The van der Waals surface area contributed by atoms with Gasteiger partial charge in [0.1, 0.15) is 0 Å². The van der Waals surface area contributed by atoms with Crippen LogP contribution < -0.4 is 0 Å². The molecule has 10 heavy (non-hydrogen) atoms. The van der Waals surface area contributed by atoms with Crippen molar-refractivity contribution in [3.05, 3.63) is 0 Å². The summed E-state index contributed by atoms with van der Waals surface area (Å²) in [6.07, 6.45) is 0.0787. The smallest absolute Gasteiger partial charge is 0.154 e. The molecule has 0 aliphatic rings. The lowest BCUT2D eigenvalue weighted by atomic mass is 9.99. The molecular formula is C8H18O2. The minimum absolute atomic E-state index is 0.149.